The van der Waals surface area contributed by atoms with E-state index < -0.39 is 0 Å². The largest absolute Gasteiger partial charge is 0.497 e. The molecule has 0 unspecified atom stereocenters. The van der Waals surface area contributed by atoms with Crippen molar-refractivity contribution in [3.05, 3.63) is 45.1 Å². The standard InChI is InChI=1S/C19H23N5O3/c1-4-5-10-24-17(25)15-16(21(2)19(24)26)20-18-22(11-12-23(15)18)13-6-8-14(27-3)9-7-13/h6-9H,4-5,10-12H2,1-3H3. The number of imidazole rings is 1. The molecule has 0 spiro atoms. The highest BCUT2D eigenvalue weighted by atomic mass is 16.5. The Morgan fingerprint density at radius 1 is 1.15 bits per heavy atom. The summed E-state index contributed by atoms with van der Waals surface area (Å²) in [6, 6.07) is 7.72. The third-order valence-electron chi connectivity index (χ3n) is 5.12. The van der Waals surface area contributed by atoms with Crippen LogP contribution in [0.15, 0.2) is 33.9 Å². The van der Waals surface area contributed by atoms with Crippen LogP contribution >= 0.6 is 0 Å². The van der Waals surface area contributed by atoms with Crippen molar-refractivity contribution >= 4 is 22.8 Å². The van der Waals surface area contributed by atoms with Gasteiger partial charge in [0.05, 0.1) is 7.11 Å². The van der Waals surface area contributed by atoms with E-state index in [1.807, 2.05) is 35.8 Å². The van der Waals surface area contributed by atoms with Gasteiger partial charge in [-0.1, -0.05) is 13.3 Å². The monoisotopic (exact) mass is 369 g/mol. The van der Waals surface area contributed by atoms with E-state index in [0.717, 1.165) is 30.8 Å². The molecule has 0 N–H and O–H groups in total. The summed E-state index contributed by atoms with van der Waals surface area (Å²) in [4.78, 5) is 32.3. The molecule has 1 aliphatic heterocycles. The highest BCUT2D eigenvalue weighted by Gasteiger charge is 2.28. The Labute approximate surface area is 156 Å². The maximum atomic E-state index is 13.0. The van der Waals surface area contributed by atoms with Gasteiger partial charge in [0.25, 0.3) is 5.56 Å². The summed E-state index contributed by atoms with van der Waals surface area (Å²) in [5.74, 6) is 1.48. The van der Waals surface area contributed by atoms with Gasteiger partial charge in [-0.05, 0) is 30.7 Å². The van der Waals surface area contributed by atoms with Crippen LogP contribution in [0.2, 0.25) is 0 Å². The molecule has 8 nitrogen and oxygen atoms in total. The van der Waals surface area contributed by atoms with Crippen LogP contribution in [0.25, 0.3) is 11.2 Å². The van der Waals surface area contributed by atoms with Crippen molar-refractivity contribution in [2.24, 2.45) is 7.05 Å². The van der Waals surface area contributed by atoms with E-state index in [9.17, 15) is 9.59 Å². The van der Waals surface area contributed by atoms with Crippen LogP contribution in [0, 0.1) is 0 Å². The third-order valence-corrected chi connectivity index (χ3v) is 5.12. The van der Waals surface area contributed by atoms with E-state index in [1.54, 1.807) is 14.2 Å². The molecule has 0 fully saturated rings. The van der Waals surface area contributed by atoms with Crippen molar-refractivity contribution in [3.63, 3.8) is 0 Å². The van der Waals surface area contributed by atoms with Crippen LogP contribution in [0.4, 0.5) is 11.6 Å². The molecule has 142 valence electrons. The van der Waals surface area contributed by atoms with Gasteiger partial charge in [-0.25, -0.2) is 4.79 Å². The maximum Gasteiger partial charge on any atom is 0.332 e. The molecule has 0 radical (unpaired) electrons. The van der Waals surface area contributed by atoms with Crippen molar-refractivity contribution in [2.75, 3.05) is 18.6 Å². The predicted octanol–water partition coefficient (Wildman–Crippen LogP) is 1.86. The average molecular weight is 369 g/mol. The molecule has 1 aliphatic rings. The van der Waals surface area contributed by atoms with Gasteiger partial charge < -0.3 is 14.2 Å². The summed E-state index contributed by atoms with van der Waals surface area (Å²) in [5.41, 5.74) is 1.34. The number of methoxy groups -OCH3 is 1. The van der Waals surface area contributed by atoms with Crippen LogP contribution < -0.4 is 20.9 Å². The number of rotatable bonds is 5. The molecule has 2 aromatic heterocycles. The highest BCUT2D eigenvalue weighted by molar-refractivity contribution is 5.77. The molecule has 8 heteroatoms. The zero-order valence-corrected chi connectivity index (χ0v) is 15.8. The Kier molecular flexibility index (Phi) is 4.25. The number of fused-ring (bicyclic) bond motifs is 3. The van der Waals surface area contributed by atoms with Crippen molar-refractivity contribution in [1.82, 2.24) is 18.7 Å². The number of ether oxygens (including phenoxy) is 1. The smallest absolute Gasteiger partial charge is 0.332 e. The number of nitrogens with zero attached hydrogens (tertiary/aromatic N) is 5. The second kappa shape index (κ2) is 6.61. The minimum Gasteiger partial charge on any atom is -0.497 e. The molecule has 0 aliphatic carbocycles. The second-order valence-corrected chi connectivity index (χ2v) is 6.74. The normalized spacial score (nSPS) is 13.4. The molecule has 3 aromatic rings. The summed E-state index contributed by atoms with van der Waals surface area (Å²) >= 11 is 0. The lowest BCUT2D eigenvalue weighted by atomic mass is 10.3. The number of hydrogen-bond acceptors (Lipinski definition) is 5. The molecular formula is C19H23N5O3. The Morgan fingerprint density at radius 3 is 2.56 bits per heavy atom. The predicted molar refractivity (Wildman–Crippen MR) is 104 cm³/mol. The molecule has 0 amide bonds. The van der Waals surface area contributed by atoms with E-state index in [-0.39, 0.29) is 11.2 Å². The van der Waals surface area contributed by atoms with Crippen LogP contribution in [-0.2, 0) is 20.1 Å². The molecular weight excluding hydrogens is 346 g/mol. The van der Waals surface area contributed by atoms with Crippen molar-refractivity contribution in [2.45, 2.75) is 32.9 Å². The molecule has 0 bridgehead atoms. The van der Waals surface area contributed by atoms with Gasteiger partial charge in [-0.3, -0.25) is 13.9 Å². The van der Waals surface area contributed by atoms with E-state index in [0.29, 0.717) is 30.2 Å². The maximum absolute atomic E-state index is 13.0. The number of aryl methyl sites for hydroxylation is 1. The first-order chi connectivity index (χ1) is 13.1. The molecule has 3 heterocycles. The minimum absolute atomic E-state index is 0.253. The quantitative estimate of drug-likeness (QED) is 0.686. The van der Waals surface area contributed by atoms with Gasteiger partial charge in [0.15, 0.2) is 11.2 Å². The fourth-order valence-electron chi connectivity index (χ4n) is 3.60. The molecule has 0 atom stereocenters. The summed E-state index contributed by atoms with van der Waals surface area (Å²) < 4.78 is 9.94. The van der Waals surface area contributed by atoms with Gasteiger partial charge >= 0.3 is 5.69 Å². The van der Waals surface area contributed by atoms with Crippen LogP contribution in [-0.4, -0.2) is 32.3 Å². The zero-order chi connectivity index (χ0) is 19.1. The number of benzene rings is 1. The first-order valence-electron chi connectivity index (χ1n) is 9.18. The van der Waals surface area contributed by atoms with E-state index in [1.165, 1.54) is 9.13 Å². The SMILES string of the molecule is CCCCn1c(=O)c2c(nc3n2CCN3c2ccc(OC)cc2)n(C)c1=O. The van der Waals surface area contributed by atoms with Gasteiger partial charge in [0.2, 0.25) is 5.95 Å². The lowest BCUT2D eigenvalue weighted by molar-refractivity contribution is 0.415. The average Bonchev–Trinajstić information content (AvgIpc) is 3.26. The second-order valence-electron chi connectivity index (χ2n) is 6.74. The number of hydrogen-bond donors (Lipinski definition) is 0. The van der Waals surface area contributed by atoms with Gasteiger partial charge in [-0.2, -0.15) is 4.98 Å². The van der Waals surface area contributed by atoms with E-state index in [4.69, 9.17) is 4.74 Å². The van der Waals surface area contributed by atoms with Crippen LogP contribution in [0.5, 0.6) is 5.75 Å². The third kappa shape index (κ3) is 2.63. The Bertz CT molecular complexity index is 1110. The van der Waals surface area contributed by atoms with Crippen molar-refractivity contribution in [3.8, 4) is 5.75 Å². The Morgan fingerprint density at radius 2 is 1.89 bits per heavy atom. The summed E-state index contributed by atoms with van der Waals surface area (Å²) in [7, 11) is 3.31. The first-order valence-corrected chi connectivity index (χ1v) is 9.18. The van der Waals surface area contributed by atoms with Gasteiger partial charge in [-0.15, -0.1) is 0 Å². The zero-order valence-electron chi connectivity index (χ0n) is 15.8. The first kappa shape index (κ1) is 17.4. The van der Waals surface area contributed by atoms with Gasteiger partial charge in [0, 0.05) is 32.4 Å². The Balaban J connectivity index is 1.87. The topological polar surface area (TPSA) is 74.3 Å². The highest BCUT2D eigenvalue weighted by Crippen LogP contribution is 2.32. The summed E-state index contributed by atoms with van der Waals surface area (Å²) in [6.07, 6.45) is 1.71. The lowest BCUT2D eigenvalue weighted by Crippen LogP contribution is -2.39. The number of unbranched alkanes of at least 4 members (excludes halogenated alkanes) is 1. The van der Waals surface area contributed by atoms with Crippen molar-refractivity contribution in [1.29, 1.82) is 0 Å². The van der Waals surface area contributed by atoms with Crippen LogP contribution in [0.1, 0.15) is 19.8 Å². The molecule has 0 saturated heterocycles. The molecule has 4 rings (SSSR count). The number of anilines is 2. The van der Waals surface area contributed by atoms with Crippen LogP contribution in [0.3, 0.4) is 0 Å². The van der Waals surface area contributed by atoms with E-state index in [2.05, 4.69) is 9.88 Å². The Hall–Kier alpha value is -3.03. The summed E-state index contributed by atoms with van der Waals surface area (Å²) in [5, 5.41) is 0. The van der Waals surface area contributed by atoms with Gasteiger partial charge in [0.1, 0.15) is 5.75 Å². The summed E-state index contributed by atoms with van der Waals surface area (Å²) in [6.45, 7) is 3.85. The molecule has 0 saturated carbocycles. The fraction of sp³-hybridized carbons (Fsp3) is 0.421. The van der Waals surface area contributed by atoms with Crippen molar-refractivity contribution < 1.29 is 4.74 Å². The molecule has 1 aromatic carbocycles. The molecule has 27 heavy (non-hydrogen) atoms. The minimum atomic E-state index is -0.311. The number of aromatic nitrogens is 4. The lowest BCUT2D eigenvalue weighted by Gasteiger charge is -2.16. The fourth-order valence-corrected chi connectivity index (χ4v) is 3.60. The van der Waals surface area contributed by atoms with E-state index >= 15 is 0 Å².